The van der Waals surface area contributed by atoms with Gasteiger partial charge in [0.15, 0.2) is 0 Å². The molecule has 0 bridgehead atoms. The molecule has 0 spiro atoms. The molecule has 0 saturated heterocycles. The highest BCUT2D eigenvalue weighted by atomic mass is 14.6. The zero-order valence-electron chi connectivity index (χ0n) is 12.0. The second-order valence-corrected chi connectivity index (χ2v) is 4.78. The van der Waals surface area contributed by atoms with E-state index in [0.29, 0.717) is 0 Å². The molecule has 0 aliphatic carbocycles. The van der Waals surface area contributed by atoms with E-state index in [-0.39, 0.29) is 0 Å². The van der Waals surface area contributed by atoms with Crippen LogP contribution in [0.3, 0.4) is 0 Å². The molecule has 0 aliphatic heterocycles. The van der Waals surface area contributed by atoms with Crippen molar-refractivity contribution < 1.29 is 0 Å². The van der Waals surface area contributed by atoms with Crippen molar-refractivity contribution in [3.63, 3.8) is 0 Å². The van der Waals surface area contributed by atoms with E-state index in [1.165, 1.54) is 0 Å². The van der Waals surface area contributed by atoms with E-state index in [4.69, 9.17) is 0 Å². The first-order valence-corrected chi connectivity index (χ1v) is 7.01. The maximum absolute atomic E-state index is 4.28. The molecule has 0 aromatic carbocycles. The summed E-state index contributed by atoms with van der Waals surface area (Å²) in [6.45, 7) is 0. The van der Waals surface area contributed by atoms with Crippen molar-refractivity contribution in [1.29, 1.82) is 0 Å². The Hall–Kier alpha value is -3.07. The molecule has 3 aromatic rings. The van der Waals surface area contributed by atoms with Crippen LogP contribution in [0.5, 0.6) is 0 Å². The fourth-order valence-electron chi connectivity index (χ4n) is 1.99. The summed E-state index contributed by atoms with van der Waals surface area (Å²) < 4.78 is 0. The van der Waals surface area contributed by atoms with E-state index in [0.717, 1.165) is 22.3 Å². The highest BCUT2D eigenvalue weighted by Gasteiger charge is 1.92. The Labute approximate surface area is 129 Å². The summed E-state index contributed by atoms with van der Waals surface area (Å²) in [6, 6.07) is 9.98. The van der Waals surface area contributed by atoms with Gasteiger partial charge in [-0.3, -0.25) is 15.0 Å². The molecule has 3 heteroatoms. The second kappa shape index (κ2) is 7.09. The molecule has 106 valence electrons. The lowest BCUT2D eigenvalue weighted by molar-refractivity contribution is 1.30. The van der Waals surface area contributed by atoms with E-state index in [1.807, 2.05) is 48.8 Å². The van der Waals surface area contributed by atoms with Crippen molar-refractivity contribution in [3.8, 4) is 0 Å². The molecule has 0 unspecified atom stereocenters. The average Bonchev–Trinajstić information content (AvgIpc) is 2.60. The van der Waals surface area contributed by atoms with Crippen molar-refractivity contribution in [2.45, 2.75) is 0 Å². The molecule has 22 heavy (non-hydrogen) atoms. The SMILES string of the molecule is C(=C\c1cncc(/C=C/c2ccncc2)c1)/c1ccncc1. The van der Waals surface area contributed by atoms with E-state index >= 15 is 0 Å². The molecule has 0 fully saturated rings. The minimum absolute atomic E-state index is 1.06. The first-order valence-electron chi connectivity index (χ1n) is 7.01. The summed E-state index contributed by atoms with van der Waals surface area (Å²) in [4.78, 5) is 12.3. The van der Waals surface area contributed by atoms with Crippen LogP contribution in [0, 0.1) is 0 Å². The largest absolute Gasteiger partial charge is 0.265 e. The van der Waals surface area contributed by atoms with Crippen LogP contribution in [0.1, 0.15) is 22.3 Å². The zero-order valence-corrected chi connectivity index (χ0v) is 12.0. The Kier molecular flexibility index (Phi) is 4.47. The summed E-state index contributed by atoms with van der Waals surface area (Å²) in [7, 11) is 0. The van der Waals surface area contributed by atoms with Crippen LogP contribution < -0.4 is 0 Å². The molecule has 0 amide bonds. The predicted molar refractivity (Wildman–Crippen MR) is 90.6 cm³/mol. The third kappa shape index (κ3) is 3.96. The highest BCUT2D eigenvalue weighted by molar-refractivity contribution is 5.73. The van der Waals surface area contributed by atoms with Gasteiger partial charge in [-0.25, -0.2) is 0 Å². The van der Waals surface area contributed by atoms with E-state index in [9.17, 15) is 0 Å². The van der Waals surface area contributed by atoms with Gasteiger partial charge >= 0.3 is 0 Å². The maximum Gasteiger partial charge on any atom is 0.0340 e. The smallest absolute Gasteiger partial charge is 0.0340 e. The van der Waals surface area contributed by atoms with E-state index < -0.39 is 0 Å². The summed E-state index contributed by atoms with van der Waals surface area (Å²) in [5, 5.41) is 0. The van der Waals surface area contributed by atoms with Crippen molar-refractivity contribution in [1.82, 2.24) is 15.0 Å². The van der Waals surface area contributed by atoms with Crippen LogP contribution >= 0.6 is 0 Å². The van der Waals surface area contributed by atoms with Crippen molar-refractivity contribution in [2.24, 2.45) is 0 Å². The van der Waals surface area contributed by atoms with Gasteiger partial charge in [0.25, 0.3) is 0 Å². The third-order valence-electron chi connectivity index (χ3n) is 3.13. The minimum atomic E-state index is 1.06. The lowest BCUT2D eigenvalue weighted by Crippen LogP contribution is -1.80. The number of nitrogens with zero attached hydrogens (tertiary/aromatic N) is 3. The topological polar surface area (TPSA) is 38.7 Å². The summed E-state index contributed by atoms with van der Waals surface area (Å²) in [5.41, 5.74) is 4.36. The van der Waals surface area contributed by atoms with Gasteiger partial charge in [0.1, 0.15) is 0 Å². The van der Waals surface area contributed by atoms with Gasteiger partial charge in [-0.05, 0) is 52.6 Å². The number of hydrogen-bond acceptors (Lipinski definition) is 3. The molecule has 0 aliphatic rings. The lowest BCUT2D eigenvalue weighted by atomic mass is 10.1. The zero-order chi connectivity index (χ0) is 15.0. The monoisotopic (exact) mass is 285 g/mol. The first kappa shape index (κ1) is 13.9. The van der Waals surface area contributed by atoms with Gasteiger partial charge in [0, 0.05) is 37.2 Å². The summed E-state index contributed by atoms with van der Waals surface area (Å²) >= 11 is 0. The number of aromatic nitrogens is 3. The molecular formula is C19H15N3. The van der Waals surface area contributed by atoms with Gasteiger partial charge in [-0.15, -0.1) is 0 Å². The minimum Gasteiger partial charge on any atom is -0.265 e. The molecule has 0 atom stereocenters. The van der Waals surface area contributed by atoms with Crippen LogP contribution in [0.25, 0.3) is 24.3 Å². The molecule has 3 heterocycles. The Morgan fingerprint density at radius 3 is 1.36 bits per heavy atom. The Balaban J connectivity index is 1.75. The summed E-state index contributed by atoms with van der Waals surface area (Å²) in [5.74, 6) is 0. The summed E-state index contributed by atoms with van der Waals surface area (Å²) in [6.07, 6.45) is 19.0. The Morgan fingerprint density at radius 2 is 0.909 bits per heavy atom. The molecule has 0 saturated carbocycles. The quantitative estimate of drug-likeness (QED) is 0.720. The van der Waals surface area contributed by atoms with Gasteiger partial charge in [0.05, 0.1) is 0 Å². The highest BCUT2D eigenvalue weighted by Crippen LogP contribution is 2.11. The van der Waals surface area contributed by atoms with Crippen molar-refractivity contribution >= 4 is 24.3 Å². The van der Waals surface area contributed by atoms with Gasteiger partial charge in [-0.1, -0.05) is 24.3 Å². The molecule has 3 aromatic heterocycles. The van der Waals surface area contributed by atoms with Crippen molar-refractivity contribution in [2.75, 3.05) is 0 Å². The average molecular weight is 285 g/mol. The fourth-order valence-corrected chi connectivity index (χ4v) is 1.99. The molecule has 0 N–H and O–H groups in total. The van der Waals surface area contributed by atoms with Crippen LogP contribution in [0.15, 0.2) is 67.5 Å². The van der Waals surface area contributed by atoms with Gasteiger partial charge in [0.2, 0.25) is 0 Å². The third-order valence-corrected chi connectivity index (χ3v) is 3.13. The lowest BCUT2D eigenvalue weighted by Gasteiger charge is -1.97. The van der Waals surface area contributed by atoms with Crippen LogP contribution in [-0.2, 0) is 0 Å². The molecular weight excluding hydrogens is 270 g/mol. The maximum atomic E-state index is 4.28. The second-order valence-electron chi connectivity index (χ2n) is 4.78. The van der Waals surface area contributed by atoms with Crippen LogP contribution in [0.4, 0.5) is 0 Å². The Bertz CT molecular complexity index is 713. The normalized spacial score (nSPS) is 11.3. The molecule has 3 nitrogen and oxygen atoms in total. The first-order chi connectivity index (χ1) is 10.9. The van der Waals surface area contributed by atoms with E-state index in [2.05, 4.69) is 33.2 Å². The van der Waals surface area contributed by atoms with E-state index in [1.54, 1.807) is 24.8 Å². The van der Waals surface area contributed by atoms with Crippen LogP contribution in [0.2, 0.25) is 0 Å². The van der Waals surface area contributed by atoms with Gasteiger partial charge in [-0.2, -0.15) is 0 Å². The number of pyridine rings is 3. The molecule has 0 radical (unpaired) electrons. The van der Waals surface area contributed by atoms with Gasteiger partial charge < -0.3 is 0 Å². The molecule has 3 rings (SSSR count). The standard InChI is InChI=1S/C19H15N3/c1(16-5-9-20-10-6-16)3-18-13-19(15-22-14-18)4-2-17-7-11-21-12-8-17/h1-15H/b3-1+,4-2+. The van der Waals surface area contributed by atoms with Crippen molar-refractivity contribution in [3.05, 3.63) is 89.8 Å². The number of hydrogen-bond donors (Lipinski definition) is 0. The Morgan fingerprint density at radius 1 is 0.500 bits per heavy atom. The van der Waals surface area contributed by atoms with Crippen LogP contribution in [-0.4, -0.2) is 15.0 Å². The predicted octanol–water partition coefficient (Wildman–Crippen LogP) is 4.21. The fraction of sp³-hybridized carbons (Fsp3) is 0. The number of rotatable bonds is 4.